The van der Waals surface area contributed by atoms with E-state index in [1.807, 2.05) is 12.1 Å². The van der Waals surface area contributed by atoms with Crippen molar-refractivity contribution in [2.24, 2.45) is 5.92 Å². The summed E-state index contributed by atoms with van der Waals surface area (Å²) in [5.74, 6) is -0.583. The third kappa shape index (κ3) is 4.56. The van der Waals surface area contributed by atoms with E-state index in [-0.39, 0.29) is 13.2 Å². The first kappa shape index (κ1) is 19.7. The van der Waals surface area contributed by atoms with Crippen LogP contribution in [0.5, 0.6) is 5.75 Å². The summed E-state index contributed by atoms with van der Waals surface area (Å²) in [5.41, 5.74) is -0.490. The first-order valence-electron chi connectivity index (χ1n) is 6.98. The lowest BCUT2D eigenvalue weighted by atomic mass is 10.0. The van der Waals surface area contributed by atoms with Gasteiger partial charge in [-0.05, 0) is 47.5 Å². The molecule has 0 aliphatic heterocycles. The zero-order valence-electron chi connectivity index (χ0n) is 13.2. The number of benzene rings is 1. The summed E-state index contributed by atoms with van der Waals surface area (Å²) < 4.78 is 29.6. The highest BCUT2D eigenvalue weighted by molar-refractivity contribution is 9.10. The van der Waals surface area contributed by atoms with Crippen molar-refractivity contribution in [1.29, 1.82) is 10.5 Å². The van der Waals surface area contributed by atoms with E-state index in [9.17, 15) is 15.1 Å². The second-order valence-corrected chi connectivity index (χ2v) is 7.46. The number of methoxy groups -OCH3 is 1. The molecular formula is C15H18BrN2O4P. The van der Waals surface area contributed by atoms with Crippen LogP contribution in [0, 0.1) is 28.6 Å². The predicted octanol–water partition coefficient (Wildman–Crippen LogP) is 4.43. The molecule has 0 saturated heterocycles. The number of nitriles is 2. The molecule has 23 heavy (non-hydrogen) atoms. The average Bonchev–Trinajstić information content (AvgIpc) is 2.52. The van der Waals surface area contributed by atoms with E-state index in [1.54, 1.807) is 32.0 Å². The van der Waals surface area contributed by atoms with Gasteiger partial charge in [-0.3, -0.25) is 4.57 Å². The van der Waals surface area contributed by atoms with Crippen LogP contribution >= 0.6 is 23.5 Å². The van der Waals surface area contributed by atoms with E-state index in [0.717, 1.165) is 0 Å². The van der Waals surface area contributed by atoms with Crippen LogP contribution in [0.4, 0.5) is 0 Å². The number of hydrogen-bond donors (Lipinski definition) is 0. The monoisotopic (exact) mass is 400 g/mol. The van der Waals surface area contributed by atoms with Gasteiger partial charge >= 0.3 is 7.60 Å². The molecule has 0 spiro atoms. The van der Waals surface area contributed by atoms with Gasteiger partial charge in [0.1, 0.15) is 11.4 Å². The van der Waals surface area contributed by atoms with Gasteiger partial charge in [-0.15, -0.1) is 0 Å². The van der Waals surface area contributed by atoms with Crippen molar-refractivity contribution in [3.8, 4) is 17.9 Å². The van der Waals surface area contributed by atoms with Gasteiger partial charge in [0.2, 0.25) is 0 Å². The third-order valence-corrected chi connectivity index (χ3v) is 6.20. The molecular weight excluding hydrogens is 383 g/mol. The van der Waals surface area contributed by atoms with Gasteiger partial charge in [-0.25, -0.2) is 0 Å². The molecule has 0 radical (unpaired) electrons. The van der Waals surface area contributed by atoms with Crippen LogP contribution in [0.25, 0.3) is 0 Å². The highest BCUT2D eigenvalue weighted by Gasteiger charge is 2.43. The van der Waals surface area contributed by atoms with Gasteiger partial charge in [0.05, 0.1) is 36.9 Å². The van der Waals surface area contributed by atoms with Crippen LogP contribution in [0.2, 0.25) is 0 Å². The fraction of sp³-hybridized carbons (Fsp3) is 0.467. The highest BCUT2D eigenvalue weighted by atomic mass is 79.9. The Morgan fingerprint density at radius 2 is 1.78 bits per heavy atom. The first-order chi connectivity index (χ1) is 11.0. The molecule has 124 valence electrons. The van der Waals surface area contributed by atoms with Gasteiger partial charge in [-0.1, -0.05) is 6.07 Å². The largest absolute Gasteiger partial charge is 0.496 e. The molecule has 8 heteroatoms. The highest BCUT2D eigenvalue weighted by Crippen LogP contribution is 2.64. The molecule has 1 atom stereocenters. The Kier molecular flexibility index (Phi) is 7.75. The maximum atomic E-state index is 13.1. The molecule has 0 saturated carbocycles. The topological polar surface area (TPSA) is 92.3 Å². The Bertz CT molecular complexity index is 644. The number of hydrogen-bond acceptors (Lipinski definition) is 6. The molecule has 0 amide bonds. The molecule has 0 aliphatic rings. The Hall–Kier alpha value is -1.37. The summed E-state index contributed by atoms with van der Waals surface area (Å²) in [4.78, 5) is 0. The Balaban J connectivity index is 3.47. The van der Waals surface area contributed by atoms with Gasteiger partial charge in [0, 0.05) is 0 Å². The van der Waals surface area contributed by atoms with Crippen molar-refractivity contribution >= 4 is 23.5 Å². The minimum absolute atomic E-state index is 0.147. The molecule has 0 N–H and O–H groups in total. The van der Waals surface area contributed by atoms with E-state index in [2.05, 4.69) is 15.9 Å². The fourth-order valence-corrected chi connectivity index (χ4v) is 4.85. The van der Waals surface area contributed by atoms with Crippen LogP contribution in [-0.4, -0.2) is 20.3 Å². The number of halogens is 1. The fourth-order valence-electron chi connectivity index (χ4n) is 2.15. The molecule has 0 fully saturated rings. The standard InChI is InChI=1S/C15H18BrN2O4P/c1-4-21-23(19,22-5-2)15(12(9-17)10-18)11-6-7-14(20-3)13(16)8-11/h6-8,12,15H,4-5H2,1-3H3. The summed E-state index contributed by atoms with van der Waals surface area (Å²) in [5, 5.41) is 18.6. The quantitative estimate of drug-likeness (QED) is 0.599. The molecule has 0 heterocycles. The lowest BCUT2D eigenvalue weighted by Gasteiger charge is -2.27. The van der Waals surface area contributed by atoms with Crippen molar-refractivity contribution in [3.63, 3.8) is 0 Å². The molecule has 6 nitrogen and oxygen atoms in total. The predicted molar refractivity (Wildman–Crippen MR) is 89.0 cm³/mol. The Morgan fingerprint density at radius 1 is 1.22 bits per heavy atom. The van der Waals surface area contributed by atoms with Crippen LogP contribution in [0.3, 0.4) is 0 Å². The normalized spacial score (nSPS) is 12.5. The molecule has 1 aromatic rings. The molecule has 1 rings (SSSR count). The van der Waals surface area contributed by atoms with Crippen LogP contribution in [-0.2, 0) is 13.6 Å². The number of ether oxygens (including phenoxy) is 1. The number of nitrogens with zero attached hydrogens (tertiary/aromatic N) is 2. The summed E-state index contributed by atoms with van der Waals surface area (Å²) in [6.45, 7) is 3.66. The summed E-state index contributed by atoms with van der Waals surface area (Å²) in [6, 6.07) is 8.75. The number of rotatable bonds is 8. The SMILES string of the molecule is CCOP(=O)(OCC)C(c1ccc(OC)c(Br)c1)C(C#N)C#N. The van der Waals surface area contributed by atoms with Crippen molar-refractivity contribution in [2.75, 3.05) is 20.3 Å². The maximum absolute atomic E-state index is 13.1. The molecule has 1 unspecified atom stereocenters. The van der Waals surface area contributed by atoms with E-state index < -0.39 is 19.2 Å². The van der Waals surface area contributed by atoms with E-state index in [0.29, 0.717) is 15.8 Å². The summed E-state index contributed by atoms with van der Waals surface area (Å²) in [6.07, 6.45) is 0. The third-order valence-electron chi connectivity index (χ3n) is 3.07. The average molecular weight is 401 g/mol. The molecule has 0 bridgehead atoms. The maximum Gasteiger partial charge on any atom is 0.340 e. The van der Waals surface area contributed by atoms with Crippen molar-refractivity contribution < 1.29 is 18.3 Å². The van der Waals surface area contributed by atoms with Gasteiger partial charge in [-0.2, -0.15) is 10.5 Å². The second-order valence-electron chi connectivity index (χ2n) is 4.45. The van der Waals surface area contributed by atoms with Crippen LogP contribution in [0.15, 0.2) is 22.7 Å². The zero-order valence-corrected chi connectivity index (χ0v) is 15.6. The zero-order chi connectivity index (χ0) is 17.5. The van der Waals surface area contributed by atoms with E-state index >= 15 is 0 Å². The molecule has 0 aliphatic carbocycles. The molecule has 0 aromatic heterocycles. The van der Waals surface area contributed by atoms with Gasteiger partial charge in [0.25, 0.3) is 0 Å². The second kappa shape index (κ2) is 9.05. The van der Waals surface area contributed by atoms with E-state index in [4.69, 9.17) is 13.8 Å². The summed E-state index contributed by atoms with van der Waals surface area (Å²) in [7, 11) is -2.17. The molecule has 1 aromatic carbocycles. The van der Waals surface area contributed by atoms with Crippen molar-refractivity contribution in [2.45, 2.75) is 19.5 Å². The Morgan fingerprint density at radius 3 is 2.17 bits per heavy atom. The van der Waals surface area contributed by atoms with Crippen LogP contribution in [0.1, 0.15) is 25.1 Å². The minimum atomic E-state index is -3.69. The lowest BCUT2D eigenvalue weighted by Crippen LogP contribution is -2.14. The van der Waals surface area contributed by atoms with Crippen LogP contribution < -0.4 is 4.74 Å². The lowest BCUT2D eigenvalue weighted by molar-refractivity contribution is 0.209. The minimum Gasteiger partial charge on any atom is -0.496 e. The van der Waals surface area contributed by atoms with Crippen molar-refractivity contribution in [3.05, 3.63) is 28.2 Å². The van der Waals surface area contributed by atoms with Gasteiger partial charge in [0.15, 0.2) is 5.92 Å². The first-order valence-corrected chi connectivity index (χ1v) is 9.39. The summed E-state index contributed by atoms with van der Waals surface area (Å²) >= 11 is 3.35. The van der Waals surface area contributed by atoms with E-state index in [1.165, 1.54) is 7.11 Å². The smallest absolute Gasteiger partial charge is 0.340 e. The van der Waals surface area contributed by atoms with Crippen molar-refractivity contribution in [1.82, 2.24) is 0 Å². The Labute approximate surface area is 144 Å². The van der Waals surface area contributed by atoms with Gasteiger partial charge < -0.3 is 13.8 Å².